The summed E-state index contributed by atoms with van der Waals surface area (Å²) in [6.45, 7) is 3.47. The molecule has 1 aromatic heterocycles. The second kappa shape index (κ2) is 5.56. The Bertz CT molecular complexity index is 759. The number of rotatable bonds is 3. The highest BCUT2D eigenvalue weighted by Gasteiger charge is 2.12. The molecule has 104 valence electrons. The Balaban J connectivity index is 2.19. The molecular formula is C14H15N3O3. The number of amides is 1. The van der Waals surface area contributed by atoms with Gasteiger partial charge in [-0.05, 0) is 25.5 Å². The first kappa shape index (κ1) is 13.8. The molecule has 0 aliphatic carbocycles. The molecule has 0 saturated carbocycles. The first-order valence-electron chi connectivity index (χ1n) is 6.15. The maximum atomic E-state index is 12.0. The maximum absolute atomic E-state index is 12.0. The molecule has 6 nitrogen and oxygen atoms in total. The van der Waals surface area contributed by atoms with Crippen molar-refractivity contribution in [2.45, 2.75) is 20.3 Å². The van der Waals surface area contributed by atoms with Crippen molar-refractivity contribution in [1.82, 2.24) is 9.97 Å². The Morgan fingerprint density at radius 3 is 2.50 bits per heavy atom. The molecule has 0 unspecified atom stereocenters. The van der Waals surface area contributed by atoms with Gasteiger partial charge in [-0.25, -0.2) is 4.79 Å². The molecule has 20 heavy (non-hydrogen) atoms. The van der Waals surface area contributed by atoms with E-state index in [-0.39, 0.29) is 17.9 Å². The zero-order chi connectivity index (χ0) is 14.7. The molecule has 1 amide bonds. The molecule has 6 heteroatoms. The highest BCUT2D eigenvalue weighted by atomic mass is 16.2. The van der Waals surface area contributed by atoms with Crippen molar-refractivity contribution in [1.29, 1.82) is 0 Å². The van der Waals surface area contributed by atoms with Gasteiger partial charge in [0.2, 0.25) is 5.91 Å². The number of carbonyl (C=O) groups is 1. The predicted octanol–water partition coefficient (Wildman–Crippen LogP) is 0.861. The van der Waals surface area contributed by atoms with Crippen LogP contribution in [0.5, 0.6) is 0 Å². The largest absolute Gasteiger partial charge is 0.326 e. The van der Waals surface area contributed by atoms with Crippen LogP contribution in [0.25, 0.3) is 0 Å². The summed E-state index contributed by atoms with van der Waals surface area (Å²) in [5.41, 5.74) is 1.19. The second-order valence-electron chi connectivity index (χ2n) is 4.55. The summed E-state index contributed by atoms with van der Waals surface area (Å²) in [4.78, 5) is 39.3. The van der Waals surface area contributed by atoms with Crippen molar-refractivity contribution in [3.63, 3.8) is 0 Å². The van der Waals surface area contributed by atoms with E-state index in [1.54, 1.807) is 13.0 Å². The summed E-state index contributed by atoms with van der Waals surface area (Å²) in [5.74, 6) is -0.306. The average Bonchev–Trinajstić information content (AvgIpc) is 2.36. The van der Waals surface area contributed by atoms with E-state index >= 15 is 0 Å². The second-order valence-corrected chi connectivity index (χ2v) is 4.55. The van der Waals surface area contributed by atoms with Gasteiger partial charge < -0.3 is 10.3 Å². The molecule has 0 fully saturated rings. The minimum Gasteiger partial charge on any atom is -0.326 e. The van der Waals surface area contributed by atoms with E-state index in [4.69, 9.17) is 0 Å². The van der Waals surface area contributed by atoms with E-state index in [0.29, 0.717) is 11.4 Å². The van der Waals surface area contributed by atoms with Crippen LogP contribution in [-0.4, -0.2) is 15.9 Å². The highest BCUT2D eigenvalue weighted by molar-refractivity contribution is 5.92. The fourth-order valence-corrected chi connectivity index (χ4v) is 1.91. The summed E-state index contributed by atoms with van der Waals surface area (Å²) in [6.07, 6.45) is -0.0910. The number of anilines is 1. The van der Waals surface area contributed by atoms with Crippen molar-refractivity contribution in [2.75, 3.05) is 5.32 Å². The third-order valence-electron chi connectivity index (χ3n) is 3.01. The molecule has 2 rings (SSSR count). The van der Waals surface area contributed by atoms with Crippen LogP contribution in [0.2, 0.25) is 0 Å². The Morgan fingerprint density at radius 1 is 1.15 bits per heavy atom. The van der Waals surface area contributed by atoms with Gasteiger partial charge in [0.05, 0.1) is 6.42 Å². The van der Waals surface area contributed by atoms with Gasteiger partial charge in [0.25, 0.3) is 5.56 Å². The fourth-order valence-electron chi connectivity index (χ4n) is 1.91. The Morgan fingerprint density at radius 2 is 1.85 bits per heavy atom. The van der Waals surface area contributed by atoms with E-state index in [9.17, 15) is 14.4 Å². The minimum atomic E-state index is -0.574. The molecule has 0 aliphatic rings. The molecule has 0 aliphatic heterocycles. The number of hydrogen-bond acceptors (Lipinski definition) is 3. The van der Waals surface area contributed by atoms with Crippen molar-refractivity contribution >= 4 is 11.6 Å². The molecule has 3 N–H and O–H groups in total. The zero-order valence-corrected chi connectivity index (χ0v) is 11.2. The molecule has 0 bridgehead atoms. The van der Waals surface area contributed by atoms with Crippen LogP contribution in [-0.2, 0) is 11.2 Å². The van der Waals surface area contributed by atoms with Gasteiger partial charge in [-0.2, -0.15) is 0 Å². The zero-order valence-electron chi connectivity index (χ0n) is 11.2. The summed E-state index contributed by atoms with van der Waals surface area (Å²) < 4.78 is 0. The first-order valence-corrected chi connectivity index (χ1v) is 6.15. The van der Waals surface area contributed by atoms with Crippen LogP contribution in [0, 0.1) is 13.8 Å². The maximum Gasteiger partial charge on any atom is 0.325 e. The standard InChI is InChI=1S/C14H15N3O3/c1-8-5-3-4-6-11(8)16-12(18)7-10-9(2)15-14(20)17-13(10)19/h3-6H,7H2,1-2H3,(H,16,18)(H2,15,17,19,20). The molecule has 0 spiro atoms. The van der Waals surface area contributed by atoms with Crippen LogP contribution in [0.4, 0.5) is 5.69 Å². The minimum absolute atomic E-state index is 0.0910. The number of para-hydroxylation sites is 1. The molecule has 0 saturated heterocycles. The van der Waals surface area contributed by atoms with E-state index < -0.39 is 11.2 Å². The van der Waals surface area contributed by atoms with Crippen LogP contribution < -0.4 is 16.6 Å². The van der Waals surface area contributed by atoms with Gasteiger partial charge in [0.15, 0.2) is 0 Å². The van der Waals surface area contributed by atoms with Gasteiger partial charge >= 0.3 is 5.69 Å². The monoisotopic (exact) mass is 273 g/mol. The smallest absolute Gasteiger partial charge is 0.325 e. The topological polar surface area (TPSA) is 94.8 Å². The van der Waals surface area contributed by atoms with E-state index in [0.717, 1.165) is 5.56 Å². The van der Waals surface area contributed by atoms with Crippen LogP contribution >= 0.6 is 0 Å². The Kier molecular flexibility index (Phi) is 3.84. The van der Waals surface area contributed by atoms with Crippen molar-refractivity contribution in [2.24, 2.45) is 0 Å². The number of carbonyl (C=O) groups excluding carboxylic acids is 1. The third kappa shape index (κ3) is 3.03. The number of hydrogen-bond donors (Lipinski definition) is 3. The number of nitrogens with one attached hydrogen (secondary N) is 3. The fraction of sp³-hybridized carbons (Fsp3) is 0.214. The first-order chi connectivity index (χ1) is 9.47. The van der Waals surface area contributed by atoms with Crippen LogP contribution in [0.1, 0.15) is 16.8 Å². The van der Waals surface area contributed by atoms with Gasteiger partial charge in [-0.15, -0.1) is 0 Å². The predicted molar refractivity (Wildman–Crippen MR) is 75.9 cm³/mol. The number of H-pyrrole nitrogens is 2. The summed E-state index contributed by atoms with van der Waals surface area (Å²) >= 11 is 0. The lowest BCUT2D eigenvalue weighted by molar-refractivity contribution is -0.115. The normalized spacial score (nSPS) is 10.3. The summed E-state index contributed by atoms with van der Waals surface area (Å²) in [5, 5.41) is 2.74. The number of benzene rings is 1. The lowest BCUT2D eigenvalue weighted by Crippen LogP contribution is -2.29. The molecular weight excluding hydrogens is 258 g/mol. The highest BCUT2D eigenvalue weighted by Crippen LogP contribution is 2.13. The van der Waals surface area contributed by atoms with E-state index in [1.807, 2.05) is 25.1 Å². The van der Waals surface area contributed by atoms with Gasteiger partial charge in [0.1, 0.15) is 0 Å². The molecule has 0 atom stereocenters. The number of aromatic nitrogens is 2. The third-order valence-corrected chi connectivity index (χ3v) is 3.01. The van der Waals surface area contributed by atoms with Gasteiger partial charge in [-0.1, -0.05) is 18.2 Å². The van der Waals surface area contributed by atoms with E-state index in [1.165, 1.54) is 0 Å². The number of aryl methyl sites for hydroxylation is 2. The molecule has 1 aromatic carbocycles. The number of aromatic amines is 2. The molecule has 0 radical (unpaired) electrons. The lowest BCUT2D eigenvalue weighted by atomic mass is 10.1. The summed E-state index contributed by atoms with van der Waals surface area (Å²) in [7, 11) is 0. The molecule has 2 aromatic rings. The Labute approximate surface area is 114 Å². The van der Waals surface area contributed by atoms with Crippen molar-refractivity contribution < 1.29 is 4.79 Å². The summed E-state index contributed by atoms with van der Waals surface area (Å²) in [6, 6.07) is 7.37. The SMILES string of the molecule is Cc1ccccc1NC(=O)Cc1c(C)[nH]c(=O)[nH]c1=O. The molecule has 1 heterocycles. The van der Waals surface area contributed by atoms with Gasteiger partial charge in [0, 0.05) is 16.9 Å². The van der Waals surface area contributed by atoms with E-state index in [2.05, 4.69) is 15.3 Å². The van der Waals surface area contributed by atoms with Crippen LogP contribution in [0.3, 0.4) is 0 Å². The van der Waals surface area contributed by atoms with Crippen molar-refractivity contribution in [3.8, 4) is 0 Å². The van der Waals surface area contributed by atoms with Crippen LogP contribution in [0.15, 0.2) is 33.9 Å². The Hall–Kier alpha value is -2.63. The lowest BCUT2D eigenvalue weighted by Gasteiger charge is -2.08. The quantitative estimate of drug-likeness (QED) is 0.774. The van der Waals surface area contributed by atoms with Crippen molar-refractivity contribution in [3.05, 3.63) is 61.9 Å². The van der Waals surface area contributed by atoms with Gasteiger partial charge in [-0.3, -0.25) is 14.6 Å². The average molecular weight is 273 g/mol.